The largest absolute Gasteiger partial charge is 0.480 e. The molecule has 1 aromatic carbocycles. The number of rotatable bonds is 4. The number of non-ortho nitro benzene ring substituents is 1. The van der Waals surface area contributed by atoms with Gasteiger partial charge in [-0.2, -0.15) is 0 Å². The van der Waals surface area contributed by atoms with Crippen LogP contribution in [0.5, 0.6) is 0 Å². The predicted octanol–water partition coefficient (Wildman–Crippen LogP) is 1.80. The Kier molecular flexibility index (Phi) is 3.54. The van der Waals surface area contributed by atoms with E-state index >= 15 is 0 Å². The lowest BCUT2D eigenvalue weighted by Gasteiger charge is -2.00. The van der Waals surface area contributed by atoms with Crippen LogP contribution in [-0.4, -0.2) is 21.0 Å². The summed E-state index contributed by atoms with van der Waals surface area (Å²) in [6.45, 7) is 0. The van der Waals surface area contributed by atoms with Crippen molar-refractivity contribution >= 4 is 23.0 Å². The standard InChI is InChI=1S/C11H9N3O4S/c12-9(11(15)16)8-5-19-10(13-8)6-2-1-3-7(4-6)14(17)18/h1-5,9H,12H2,(H,15,16). The Labute approximate surface area is 111 Å². The van der Waals surface area contributed by atoms with Crippen LogP contribution in [0, 0.1) is 10.1 Å². The van der Waals surface area contributed by atoms with Crippen molar-refractivity contribution < 1.29 is 14.8 Å². The number of nitrogens with two attached hydrogens (primary N) is 1. The minimum absolute atomic E-state index is 0.0446. The van der Waals surface area contributed by atoms with Crippen molar-refractivity contribution in [2.45, 2.75) is 6.04 Å². The molecule has 0 radical (unpaired) electrons. The molecule has 1 heterocycles. The number of nitro groups is 1. The summed E-state index contributed by atoms with van der Waals surface area (Å²) in [5.74, 6) is -1.17. The number of carboxylic acids is 1. The van der Waals surface area contributed by atoms with Gasteiger partial charge in [0.15, 0.2) is 0 Å². The second kappa shape index (κ2) is 5.12. The Bertz CT molecular complexity index is 640. The third-order valence-corrected chi connectivity index (χ3v) is 3.32. The fourth-order valence-electron chi connectivity index (χ4n) is 1.44. The third kappa shape index (κ3) is 2.75. The van der Waals surface area contributed by atoms with Gasteiger partial charge in [0, 0.05) is 23.1 Å². The van der Waals surface area contributed by atoms with E-state index in [-0.39, 0.29) is 11.4 Å². The number of benzene rings is 1. The second-order valence-electron chi connectivity index (χ2n) is 3.70. The van der Waals surface area contributed by atoms with E-state index in [1.807, 2.05) is 0 Å². The molecule has 1 atom stereocenters. The average Bonchev–Trinajstić information content (AvgIpc) is 2.87. The van der Waals surface area contributed by atoms with Crippen LogP contribution in [0.15, 0.2) is 29.6 Å². The highest BCUT2D eigenvalue weighted by Crippen LogP contribution is 2.28. The molecule has 1 aromatic heterocycles. The third-order valence-electron chi connectivity index (χ3n) is 2.41. The lowest BCUT2D eigenvalue weighted by atomic mass is 10.2. The van der Waals surface area contributed by atoms with E-state index in [4.69, 9.17) is 10.8 Å². The molecule has 8 heteroatoms. The zero-order chi connectivity index (χ0) is 14.0. The summed E-state index contributed by atoms with van der Waals surface area (Å²) in [6, 6.07) is 4.78. The van der Waals surface area contributed by atoms with Crippen LogP contribution >= 0.6 is 11.3 Å². The molecule has 0 spiro atoms. The summed E-state index contributed by atoms with van der Waals surface area (Å²) >= 11 is 1.19. The van der Waals surface area contributed by atoms with Crippen LogP contribution in [0.3, 0.4) is 0 Å². The van der Waals surface area contributed by atoms with E-state index in [1.165, 1.54) is 28.8 Å². The second-order valence-corrected chi connectivity index (χ2v) is 4.56. The molecule has 2 rings (SSSR count). The molecular weight excluding hydrogens is 270 g/mol. The van der Waals surface area contributed by atoms with E-state index in [2.05, 4.69) is 4.98 Å². The van der Waals surface area contributed by atoms with Crippen molar-refractivity contribution in [2.75, 3.05) is 0 Å². The Morgan fingerprint density at radius 3 is 2.89 bits per heavy atom. The van der Waals surface area contributed by atoms with Crippen molar-refractivity contribution in [3.63, 3.8) is 0 Å². The number of hydrogen-bond acceptors (Lipinski definition) is 6. The van der Waals surface area contributed by atoms with Crippen molar-refractivity contribution in [1.82, 2.24) is 4.98 Å². The zero-order valence-electron chi connectivity index (χ0n) is 9.52. The summed E-state index contributed by atoms with van der Waals surface area (Å²) in [6.07, 6.45) is 0. The highest BCUT2D eigenvalue weighted by atomic mass is 32.1. The molecule has 3 N–H and O–H groups in total. The number of thiazole rings is 1. The molecule has 0 aliphatic rings. The number of aliphatic carboxylic acids is 1. The molecule has 0 aliphatic carbocycles. The average molecular weight is 279 g/mol. The maximum atomic E-state index is 10.7. The van der Waals surface area contributed by atoms with Gasteiger partial charge in [0.25, 0.3) is 5.69 Å². The minimum atomic E-state index is -1.19. The van der Waals surface area contributed by atoms with Crippen molar-refractivity contribution in [3.05, 3.63) is 45.5 Å². The van der Waals surface area contributed by atoms with Crippen LogP contribution < -0.4 is 5.73 Å². The fourth-order valence-corrected chi connectivity index (χ4v) is 2.29. The van der Waals surface area contributed by atoms with Gasteiger partial charge in [-0.05, 0) is 0 Å². The SMILES string of the molecule is NC(C(=O)O)c1csc(-c2cccc([N+](=O)[O-])c2)n1. The van der Waals surface area contributed by atoms with Gasteiger partial charge in [0.05, 0.1) is 10.6 Å². The number of carboxylic acid groups (broad SMARTS) is 1. The Morgan fingerprint density at radius 1 is 1.53 bits per heavy atom. The molecule has 2 aromatic rings. The van der Waals surface area contributed by atoms with Crippen LogP contribution in [0.25, 0.3) is 10.6 Å². The van der Waals surface area contributed by atoms with Crippen LogP contribution in [0.1, 0.15) is 11.7 Å². The molecule has 0 bridgehead atoms. The van der Waals surface area contributed by atoms with Gasteiger partial charge >= 0.3 is 5.97 Å². The first-order chi connectivity index (χ1) is 8.99. The molecule has 0 saturated heterocycles. The smallest absolute Gasteiger partial charge is 0.326 e. The van der Waals surface area contributed by atoms with Gasteiger partial charge in [-0.3, -0.25) is 14.9 Å². The van der Waals surface area contributed by atoms with Gasteiger partial charge in [-0.1, -0.05) is 12.1 Å². The normalized spacial score (nSPS) is 12.1. The van der Waals surface area contributed by atoms with Crippen LogP contribution in [-0.2, 0) is 4.79 Å². The van der Waals surface area contributed by atoms with Gasteiger partial charge < -0.3 is 10.8 Å². The Hall–Kier alpha value is -2.32. The van der Waals surface area contributed by atoms with Gasteiger partial charge in [0.1, 0.15) is 11.0 Å². The van der Waals surface area contributed by atoms with E-state index in [1.54, 1.807) is 12.1 Å². The highest BCUT2D eigenvalue weighted by molar-refractivity contribution is 7.13. The zero-order valence-corrected chi connectivity index (χ0v) is 10.3. The first kappa shape index (κ1) is 13.1. The quantitative estimate of drug-likeness (QED) is 0.650. The molecule has 0 saturated carbocycles. The topological polar surface area (TPSA) is 119 Å². The summed E-state index contributed by atoms with van der Waals surface area (Å²) < 4.78 is 0. The number of hydrogen-bond donors (Lipinski definition) is 2. The molecule has 0 aliphatic heterocycles. The molecule has 98 valence electrons. The molecule has 7 nitrogen and oxygen atoms in total. The van der Waals surface area contributed by atoms with Gasteiger partial charge in [-0.15, -0.1) is 11.3 Å². The summed E-state index contributed by atoms with van der Waals surface area (Å²) in [5, 5.41) is 21.5. The van der Waals surface area contributed by atoms with E-state index in [0.717, 1.165) is 0 Å². The first-order valence-electron chi connectivity index (χ1n) is 5.17. The highest BCUT2D eigenvalue weighted by Gasteiger charge is 2.18. The molecule has 19 heavy (non-hydrogen) atoms. The van der Waals surface area contributed by atoms with Crippen molar-refractivity contribution in [1.29, 1.82) is 0 Å². The van der Waals surface area contributed by atoms with E-state index in [0.29, 0.717) is 10.6 Å². The van der Waals surface area contributed by atoms with E-state index < -0.39 is 16.9 Å². The fraction of sp³-hybridized carbons (Fsp3) is 0.0909. The molecule has 0 amide bonds. The lowest BCUT2D eigenvalue weighted by Crippen LogP contribution is -2.20. The van der Waals surface area contributed by atoms with Crippen LogP contribution in [0.2, 0.25) is 0 Å². The number of nitro benzene ring substituents is 1. The van der Waals surface area contributed by atoms with Crippen LogP contribution in [0.4, 0.5) is 5.69 Å². The number of aromatic nitrogens is 1. The predicted molar refractivity (Wildman–Crippen MR) is 68.8 cm³/mol. The number of nitrogens with zero attached hydrogens (tertiary/aromatic N) is 2. The maximum absolute atomic E-state index is 10.7. The molecule has 0 fully saturated rings. The summed E-state index contributed by atoms with van der Waals surface area (Å²) in [5.41, 5.74) is 6.19. The van der Waals surface area contributed by atoms with Crippen molar-refractivity contribution in [3.8, 4) is 10.6 Å². The lowest BCUT2D eigenvalue weighted by molar-refractivity contribution is -0.384. The van der Waals surface area contributed by atoms with E-state index in [9.17, 15) is 14.9 Å². The Balaban J connectivity index is 2.35. The molecule has 1 unspecified atom stereocenters. The van der Waals surface area contributed by atoms with Gasteiger partial charge in [0.2, 0.25) is 0 Å². The van der Waals surface area contributed by atoms with Gasteiger partial charge in [-0.25, -0.2) is 4.98 Å². The minimum Gasteiger partial charge on any atom is -0.480 e. The summed E-state index contributed by atoms with van der Waals surface area (Å²) in [7, 11) is 0. The summed E-state index contributed by atoms with van der Waals surface area (Å²) in [4.78, 5) is 25.0. The Morgan fingerprint density at radius 2 is 2.26 bits per heavy atom. The van der Waals surface area contributed by atoms with Crippen molar-refractivity contribution in [2.24, 2.45) is 5.73 Å². The monoisotopic (exact) mass is 279 g/mol. The molecular formula is C11H9N3O4S. The number of carbonyl (C=O) groups is 1. The maximum Gasteiger partial charge on any atom is 0.326 e. The first-order valence-corrected chi connectivity index (χ1v) is 6.05.